The molecule has 10 heteroatoms. The zero-order valence-corrected chi connectivity index (χ0v) is 13.3. The quantitative estimate of drug-likeness (QED) is 0.771. The van der Waals surface area contributed by atoms with E-state index in [-0.39, 0.29) is 16.1 Å². The molecule has 2 saturated heterocycles. The normalized spacial score (nSPS) is 20.9. The van der Waals surface area contributed by atoms with Gasteiger partial charge >= 0.3 is 6.09 Å². The highest BCUT2D eigenvalue weighted by Crippen LogP contribution is 2.42. The van der Waals surface area contributed by atoms with Crippen LogP contribution in [0.2, 0.25) is 0 Å². The number of pyridine rings is 1. The summed E-state index contributed by atoms with van der Waals surface area (Å²) in [7, 11) is -3.69. The maximum absolute atomic E-state index is 12.5. The Morgan fingerprint density at radius 2 is 2.00 bits per heavy atom. The summed E-state index contributed by atoms with van der Waals surface area (Å²) < 4.78 is 26.8. The Balaban J connectivity index is 1.75. The minimum atomic E-state index is -3.69. The number of halogens is 1. The van der Waals surface area contributed by atoms with E-state index in [1.807, 2.05) is 0 Å². The molecule has 114 valence electrons. The number of hydrogen-bond donors (Lipinski definition) is 2. The highest BCUT2D eigenvalue weighted by molar-refractivity contribution is 9.10. The summed E-state index contributed by atoms with van der Waals surface area (Å²) in [5, 5.41) is 8.82. The van der Waals surface area contributed by atoms with E-state index in [4.69, 9.17) is 10.8 Å². The monoisotopic (exact) mass is 376 g/mol. The van der Waals surface area contributed by atoms with Gasteiger partial charge in [-0.05, 0) is 22.0 Å². The molecule has 2 aliphatic heterocycles. The second-order valence-corrected chi connectivity index (χ2v) is 8.27. The number of amides is 1. The number of nitrogens with two attached hydrogens (primary N) is 1. The molecule has 0 aromatic carbocycles. The Morgan fingerprint density at radius 1 is 1.38 bits per heavy atom. The first kappa shape index (κ1) is 14.5. The zero-order valence-electron chi connectivity index (χ0n) is 10.9. The van der Waals surface area contributed by atoms with Gasteiger partial charge in [-0.3, -0.25) is 0 Å². The lowest BCUT2D eigenvalue weighted by molar-refractivity contribution is -0.0663. The minimum absolute atomic E-state index is 0.0267. The van der Waals surface area contributed by atoms with Crippen LogP contribution in [0.4, 0.5) is 10.6 Å². The topological polar surface area (TPSA) is 117 Å². The van der Waals surface area contributed by atoms with Crippen LogP contribution in [0.5, 0.6) is 0 Å². The molecule has 0 aliphatic carbocycles. The van der Waals surface area contributed by atoms with Crippen LogP contribution in [0, 0.1) is 5.41 Å². The molecule has 3 N–H and O–H groups in total. The van der Waals surface area contributed by atoms with Crippen LogP contribution in [-0.4, -0.2) is 60.0 Å². The number of sulfonamides is 1. The third-order valence-corrected chi connectivity index (χ3v) is 6.07. The van der Waals surface area contributed by atoms with E-state index < -0.39 is 16.1 Å². The number of carboxylic acid groups (broad SMARTS) is 1. The highest BCUT2D eigenvalue weighted by atomic mass is 79.9. The average molecular weight is 377 g/mol. The molecule has 1 aromatic rings. The number of nitrogen functional groups attached to an aromatic ring is 1. The number of hydrogen-bond acceptors (Lipinski definition) is 5. The smallest absolute Gasteiger partial charge is 0.407 e. The first-order valence-corrected chi connectivity index (χ1v) is 8.36. The van der Waals surface area contributed by atoms with Gasteiger partial charge in [0, 0.05) is 42.3 Å². The molecule has 0 saturated carbocycles. The largest absolute Gasteiger partial charge is 0.465 e. The van der Waals surface area contributed by atoms with Crippen LogP contribution >= 0.6 is 15.9 Å². The molecule has 3 rings (SSSR count). The fraction of sp³-hybridized carbons (Fsp3) is 0.455. The Kier molecular flexibility index (Phi) is 3.15. The molecular formula is C11H13BrN4O4S. The number of anilines is 1. The molecule has 2 aliphatic rings. The predicted molar refractivity (Wildman–Crippen MR) is 77.1 cm³/mol. The van der Waals surface area contributed by atoms with Crippen LogP contribution in [0.3, 0.4) is 0 Å². The summed E-state index contributed by atoms with van der Waals surface area (Å²) in [4.78, 5) is 15.8. The van der Waals surface area contributed by atoms with E-state index in [1.54, 1.807) is 0 Å². The molecule has 1 aromatic heterocycles. The third kappa shape index (κ3) is 2.27. The zero-order chi connectivity index (χ0) is 15.4. The number of likely N-dealkylation sites (tertiary alicyclic amines) is 1. The van der Waals surface area contributed by atoms with Gasteiger partial charge in [0.05, 0.1) is 0 Å². The van der Waals surface area contributed by atoms with Gasteiger partial charge in [-0.1, -0.05) is 0 Å². The lowest BCUT2D eigenvalue weighted by Crippen LogP contribution is -2.73. The second kappa shape index (κ2) is 4.55. The predicted octanol–water partition coefficient (Wildman–Crippen LogP) is 0.411. The van der Waals surface area contributed by atoms with Gasteiger partial charge in [-0.25, -0.2) is 18.2 Å². The van der Waals surface area contributed by atoms with Crippen LogP contribution in [0.15, 0.2) is 21.6 Å². The standard InChI is InChI=1S/C11H13BrN4O4S/c12-7-1-8(9(13)14-2-7)21(19,20)16-5-11(6-16)3-15(4-11)10(17)18/h1-2H,3-6H2,(H2,13,14)(H,17,18). The van der Waals surface area contributed by atoms with Crippen molar-refractivity contribution < 1.29 is 18.3 Å². The van der Waals surface area contributed by atoms with Crippen molar-refractivity contribution in [2.24, 2.45) is 5.41 Å². The van der Waals surface area contributed by atoms with Crippen molar-refractivity contribution in [3.63, 3.8) is 0 Å². The molecule has 0 atom stereocenters. The molecule has 2 fully saturated rings. The van der Waals surface area contributed by atoms with Crippen LogP contribution in [0.1, 0.15) is 0 Å². The van der Waals surface area contributed by atoms with Gasteiger partial charge in [-0.15, -0.1) is 0 Å². The fourth-order valence-electron chi connectivity index (χ4n) is 2.75. The molecule has 21 heavy (non-hydrogen) atoms. The molecule has 8 nitrogen and oxygen atoms in total. The maximum Gasteiger partial charge on any atom is 0.407 e. The molecule has 0 unspecified atom stereocenters. The third-order valence-electron chi connectivity index (χ3n) is 3.81. The summed E-state index contributed by atoms with van der Waals surface area (Å²) in [6.07, 6.45) is 0.463. The van der Waals surface area contributed by atoms with E-state index in [0.717, 1.165) is 0 Å². The van der Waals surface area contributed by atoms with Gasteiger partial charge in [0.1, 0.15) is 10.7 Å². The Morgan fingerprint density at radius 3 is 2.57 bits per heavy atom. The molecule has 1 amide bonds. The van der Waals surface area contributed by atoms with E-state index in [0.29, 0.717) is 30.7 Å². The van der Waals surface area contributed by atoms with Crippen molar-refractivity contribution in [2.75, 3.05) is 31.9 Å². The van der Waals surface area contributed by atoms with Gasteiger partial charge in [0.15, 0.2) is 0 Å². The van der Waals surface area contributed by atoms with Gasteiger partial charge in [0.25, 0.3) is 0 Å². The molecule has 3 heterocycles. The van der Waals surface area contributed by atoms with Gasteiger partial charge in [-0.2, -0.15) is 4.31 Å². The number of carbonyl (C=O) groups is 1. The summed E-state index contributed by atoms with van der Waals surface area (Å²) in [5.41, 5.74) is 5.41. The molecule has 1 spiro atoms. The summed E-state index contributed by atoms with van der Waals surface area (Å²) in [6.45, 7) is 1.37. The van der Waals surface area contributed by atoms with Crippen LogP contribution < -0.4 is 5.73 Å². The highest BCUT2D eigenvalue weighted by Gasteiger charge is 2.56. The number of aromatic nitrogens is 1. The van der Waals surface area contributed by atoms with Crippen molar-refractivity contribution in [3.05, 3.63) is 16.7 Å². The van der Waals surface area contributed by atoms with Crippen molar-refractivity contribution in [1.29, 1.82) is 0 Å². The summed E-state index contributed by atoms with van der Waals surface area (Å²) in [5.74, 6) is -0.0417. The lowest BCUT2D eigenvalue weighted by Gasteiger charge is -2.58. The van der Waals surface area contributed by atoms with Crippen LogP contribution in [-0.2, 0) is 10.0 Å². The van der Waals surface area contributed by atoms with Gasteiger partial charge in [0.2, 0.25) is 10.0 Å². The molecule has 0 radical (unpaired) electrons. The van der Waals surface area contributed by atoms with Gasteiger partial charge < -0.3 is 15.7 Å². The maximum atomic E-state index is 12.5. The van der Waals surface area contributed by atoms with Crippen molar-refractivity contribution in [2.45, 2.75) is 4.90 Å². The number of nitrogens with zero attached hydrogens (tertiary/aromatic N) is 3. The first-order valence-electron chi connectivity index (χ1n) is 6.13. The minimum Gasteiger partial charge on any atom is -0.465 e. The van der Waals surface area contributed by atoms with Crippen LogP contribution in [0.25, 0.3) is 0 Å². The Bertz CT molecular complexity index is 709. The van der Waals surface area contributed by atoms with Crippen molar-refractivity contribution in [3.8, 4) is 0 Å². The molecular weight excluding hydrogens is 364 g/mol. The van der Waals surface area contributed by atoms with Crippen molar-refractivity contribution >= 4 is 37.9 Å². The Labute approximate surface area is 129 Å². The summed E-state index contributed by atoms with van der Waals surface area (Å²) in [6, 6.07) is 1.42. The van der Waals surface area contributed by atoms with E-state index >= 15 is 0 Å². The second-order valence-electron chi connectivity index (χ2n) is 5.45. The molecule has 0 bridgehead atoms. The summed E-state index contributed by atoms with van der Waals surface area (Å²) >= 11 is 3.18. The van der Waals surface area contributed by atoms with Crippen molar-refractivity contribution in [1.82, 2.24) is 14.2 Å². The average Bonchev–Trinajstić information content (AvgIpc) is 2.27. The number of rotatable bonds is 2. The Hall–Kier alpha value is -1.39. The first-order chi connectivity index (χ1) is 9.73. The SMILES string of the molecule is Nc1ncc(Br)cc1S(=O)(=O)N1CC2(CN(C(=O)O)C2)C1. The van der Waals surface area contributed by atoms with E-state index in [2.05, 4.69) is 20.9 Å². The fourth-order valence-corrected chi connectivity index (χ4v) is 4.99. The van der Waals surface area contributed by atoms with E-state index in [1.165, 1.54) is 21.5 Å². The van der Waals surface area contributed by atoms with E-state index in [9.17, 15) is 13.2 Å². The lowest BCUT2D eigenvalue weighted by atomic mass is 9.75.